The van der Waals surface area contributed by atoms with E-state index in [2.05, 4.69) is 20.3 Å². The van der Waals surface area contributed by atoms with E-state index in [4.69, 9.17) is 9.15 Å². The highest BCUT2D eigenvalue weighted by molar-refractivity contribution is 6.02. The average molecular weight is 420 g/mol. The van der Waals surface area contributed by atoms with E-state index in [1.807, 2.05) is 48.2 Å². The van der Waals surface area contributed by atoms with E-state index in [9.17, 15) is 4.79 Å². The molecule has 0 aromatic carbocycles. The van der Waals surface area contributed by atoms with E-state index in [1.165, 1.54) is 6.39 Å². The number of amides is 1. The summed E-state index contributed by atoms with van der Waals surface area (Å²) in [5, 5.41) is 7.31. The van der Waals surface area contributed by atoms with Gasteiger partial charge >= 0.3 is 0 Å². The fourth-order valence-corrected chi connectivity index (χ4v) is 3.92. The summed E-state index contributed by atoms with van der Waals surface area (Å²) in [6, 6.07) is 5.91. The highest BCUT2D eigenvalue weighted by atomic mass is 16.5. The van der Waals surface area contributed by atoms with Gasteiger partial charge in [0.05, 0.1) is 30.7 Å². The number of carbonyl (C=O) groups excluding carboxylic acids is 1. The zero-order valence-electron chi connectivity index (χ0n) is 17.3. The second-order valence-electron chi connectivity index (χ2n) is 7.61. The Kier molecular flexibility index (Phi) is 5.27. The van der Waals surface area contributed by atoms with Crippen molar-refractivity contribution in [2.24, 2.45) is 7.05 Å². The average Bonchev–Trinajstić information content (AvgIpc) is 3.53. The SMILES string of the molecule is Cn1cc(-c2ccc3cc(C(=O)NCCN4CCOCC4)c(-c4cocn4)n3c2)cn1. The summed E-state index contributed by atoms with van der Waals surface area (Å²) >= 11 is 0. The largest absolute Gasteiger partial charge is 0.451 e. The first kappa shape index (κ1) is 19.5. The molecule has 0 unspecified atom stereocenters. The summed E-state index contributed by atoms with van der Waals surface area (Å²) in [4.78, 5) is 19.7. The van der Waals surface area contributed by atoms with Crippen molar-refractivity contribution in [3.8, 4) is 22.5 Å². The minimum absolute atomic E-state index is 0.127. The predicted octanol–water partition coefficient (Wildman–Crippen LogP) is 2.06. The molecule has 0 aliphatic carbocycles. The van der Waals surface area contributed by atoms with Crippen LogP contribution >= 0.6 is 0 Å². The van der Waals surface area contributed by atoms with Crippen molar-refractivity contribution >= 4 is 11.4 Å². The Morgan fingerprint density at radius 1 is 1.19 bits per heavy atom. The van der Waals surface area contributed by atoms with Gasteiger partial charge in [0, 0.05) is 62.3 Å². The van der Waals surface area contributed by atoms with Gasteiger partial charge < -0.3 is 18.9 Å². The molecule has 1 saturated heterocycles. The summed E-state index contributed by atoms with van der Waals surface area (Å²) in [6.07, 6.45) is 8.71. The summed E-state index contributed by atoms with van der Waals surface area (Å²) in [6.45, 7) is 4.65. The van der Waals surface area contributed by atoms with Gasteiger partial charge in [0.15, 0.2) is 6.39 Å². The van der Waals surface area contributed by atoms with Crippen LogP contribution < -0.4 is 5.32 Å². The molecule has 0 spiro atoms. The maximum atomic E-state index is 13.1. The number of rotatable bonds is 6. The van der Waals surface area contributed by atoms with Crippen LogP contribution in [0.4, 0.5) is 0 Å². The van der Waals surface area contributed by atoms with Crippen LogP contribution in [0.3, 0.4) is 0 Å². The number of oxazole rings is 1. The first-order valence-corrected chi connectivity index (χ1v) is 10.3. The molecule has 5 heterocycles. The standard InChI is InChI=1S/C22H24N6O3/c1-26-12-17(11-25-26)16-2-3-18-10-19(21(28(18)13-16)20-14-31-15-24-20)22(29)23-4-5-27-6-8-30-9-7-27/h2-3,10-15H,4-9H2,1H3,(H,23,29). The van der Waals surface area contributed by atoms with E-state index < -0.39 is 0 Å². The normalized spacial score (nSPS) is 14.9. The van der Waals surface area contributed by atoms with Crippen molar-refractivity contribution in [2.75, 3.05) is 39.4 Å². The Morgan fingerprint density at radius 2 is 2.06 bits per heavy atom. The van der Waals surface area contributed by atoms with Gasteiger partial charge in [0.1, 0.15) is 12.0 Å². The number of aromatic nitrogens is 4. The van der Waals surface area contributed by atoms with E-state index in [-0.39, 0.29) is 5.91 Å². The molecule has 9 heteroatoms. The third-order valence-electron chi connectivity index (χ3n) is 5.54. The number of carbonyl (C=O) groups is 1. The van der Waals surface area contributed by atoms with E-state index in [1.54, 1.807) is 10.9 Å². The van der Waals surface area contributed by atoms with Crippen LogP contribution in [0.1, 0.15) is 10.4 Å². The zero-order valence-corrected chi connectivity index (χ0v) is 17.3. The van der Waals surface area contributed by atoms with Crippen LogP contribution in [-0.4, -0.2) is 69.4 Å². The number of pyridine rings is 1. The number of hydrogen-bond acceptors (Lipinski definition) is 6. The van der Waals surface area contributed by atoms with Crippen LogP contribution in [0.5, 0.6) is 0 Å². The first-order chi connectivity index (χ1) is 15.2. The highest BCUT2D eigenvalue weighted by Gasteiger charge is 2.21. The number of fused-ring (bicyclic) bond motifs is 1. The maximum Gasteiger partial charge on any atom is 0.253 e. The fraction of sp³-hybridized carbons (Fsp3) is 0.318. The molecular formula is C22H24N6O3. The number of nitrogens with one attached hydrogen (secondary N) is 1. The van der Waals surface area contributed by atoms with Gasteiger partial charge in [-0.2, -0.15) is 5.10 Å². The highest BCUT2D eigenvalue weighted by Crippen LogP contribution is 2.29. The van der Waals surface area contributed by atoms with Gasteiger partial charge in [-0.3, -0.25) is 14.4 Å². The van der Waals surface area contributed by atoms with Crippen molar-refractivity contribution in [1.82, 2.24) is 29.4 Å². The second kappa shape index (κ2) is 8.37. The lowest BCUT2D eigenvalue weighted by molar-refractivity contribution is 0.0383. The fourth-order valence-electron chi connectivity index (χ4n) is 3.92. The molecule has 1 amide bonds. The van der Waals surface area contributed by atoms with Crippen LogP contribution in [-0.2, 0) is 11.8 Å². The Bertz CT molecular complexity index is 1190. The lowest BCUT2D eigenvalue weighted by atomic mass is 10.1. The zero-order chi connectivity index (χ0) is 21.2. The third kappa shape index (κ3) is 3.97. The number of morpholine rings is 1. The summed E-state index contributed by atoms with van der Waals surface area (Å²) in [5.41, 5.74) is 4.80. The van der Waals surface area contributed by atoms with Crippen molar-refractivity contribution in [1.29, 1.82) is 0 Å². The summed E-state index contributed by atoms with van der Waals surface area (Å²) in [7, 11) is 1.89. The third-order valence-corrected chi connectivity index (χ3v) is 5.54. The predicted molar refractivity (Wildman–Crippen MR) is 115 cm³/mol. The topological polar surface area (TPSA) is 89.8 Å². The van der Waals surface area contributed by atoms with Crippen LogP contribution in [0.2, 0.25) is 0 Å². The van der Waals surface area contributed by atoms with Gasteiger partial charge in [-0.15, -0.1) is 0 Å². The summed E-state index contributed by atoms with van der Waals surface area (Å²) in [5.74, 6) is -0.127. The lowest BCUT2D eigenvalue weighted by Gasteiger charge is -2.26. The molecule has 1 aliphatic rings. The molecule has 0 atom stereocenters. The molecule has 31 heavy (non-hydrogen) atoms. The van der Waals surface area contributed by atoms with Gasteiger partial charge in [0.25, 0.3) is 5.91 Å². The number of hydrogen-bond donors (Lipinski definition) is 1. The van der Waals surface area contributed by atoms with Gasteiger partial charge in [-0.25, -0.2) is 4.98 Å². The van der Waals surface area contributed by atoms with Gasteiger partial charge in [-0.05, 0) is 12.1 Å². The first-order valence-electron chi connectivity index (χ1n) is 10.3. The van der Waals surface area contributed by atoms with Crippen LogP contribution in [0.25, 0.3) is 28.0 Å². The minimum atomic E-state index is -0.127. The molecule has 0 saturated carbocycles. The molecule has 0 radical (unpaired) electrons. The van der Waals surface area contributed by atoms with Crippen LogP contribution in [0, 0.1) is 0 Å². The Morgan fingerprint density at radius 3 is 2.81 bits per heavy atom. The van der Waals surface area contributed by atoms with E-state index in [0.29, 0.717) is 23.5 Å². The molecule has 5 rings (SSSR count). The number of nitrogens with zero attached hydrogens (tertiary/aromatic N) is 5. The molecule has 0 bridgehead atoms. The molecule has 160 valence electrons. The Balaban J connectivity index is 1.45. The van der Waals surface area contributed by atoms with Gasteiger partial charge in [-0.1, -0.05) is 6.07 Å². The van der Waals surface area contributed by atoms with Crippen molar-refractivity contribution in [2.45, 2.75) is 0 Å². The number of aryl methyl sites for hydroxylation is 1. The van der Waals surface area contributed by atoms with Crippen molar-refractivity contribution in [3.05, 3.63) is 55.0 Å². The molecule has 9 nitrogen and oxygen atoms in total. The Hall–Kier alpha value is -3.43. The maximum absolute atomic E-state index is 13.1. The quantitative estimate of drug-likeness (QED) is 0.514. The van der Waals surface area contributed by atoms with E-state index in [0.717, 1.165) is 49.5 Å². The van der Waals surface area contributed by atoms with Crippen molar-refractivity contribution in [3.63, 3.8) is 0 Å². The monoisotopic (exact) mass is 420 g/mol. The Labute approximate surface area is 179 Å². The number of ether oxygens (including phenoxy) is 1. The lowest BCUT2D eigenvalue weighted by Crippen LogP contribution is -2.41. The van der Waals surface area contributed by atoms with Gasteiger partial charge in [0.2, 0.25) is 0 Å². The van der Waals surface area contributed by atoms with E-state index >= 15 is 0 Å². The molecule has 4 aromatic rings. The smallest absolute Gasteiger partial charge is 0.253 e. The minimum Gasteiger partial charge on any atom is -0.451 e. The molecule has 1 fully saturated rings. The molecule has 4 aromatic heterocycles. The second-order valence-corrected chi connectivity index (χ2v) is 7.61. The molecular weight excluding hydrogens is 396 g/mol. The molecule has 1 aliphatic heterocycles. The van der Waals surface area contributed by atoms with Crippen molar-refractivity contribution < 1.29 is 13.9 Å². The van der Waals surface area contributed by atoms with Crippen LogP contribution in [0.15, 0.2) is 53.9 Å². The molecule has 1 N–H and O–H groups in total. The summed E-state index contributed by atoms with van der Waals surface area (Å²) < 4.78 is 14.3.